The largest absolute Gasteiger partial charge is 0.456 e. The molecule has 0 aliphatic heterocycles. The Balaban J connectivity index is 0.853. The minimum absolute atomic E-state index is 0.178. The van der Waals surface area contributed by atoms with Gasteiger partial charge >= 0.3 is 0 Å². The Labute approximate surface area is 417 Å². The van der Waals surface area contributed by atoms with Crippen LogP contribution in [0.25, 0.3) is 87.7 Å². The van der Waals surface area contributed by atoms with Crippen molar-refractivity contribution >= 4 is 99.5 Å². The number of anilines is 6. The average Bonchev–Trinajstić information content (AvgIpc) is 4.10. The van der Waals surface area contributed by atoms with Gasteiger partial charge in [0.25, 0.3) is 0 Å². The van der Waals surface area contributed by atoms with E-state index >= 15 is 0 Å². The van der Waals surface area contributed by atoms with E-state index in [9.17, 15) is 0 Å². The molecule has 2 aromatic heterocycles. The first-order chi connectivity index (χ1) is 35.2. The van der Waals surface area contributed by atoms with E-state index in [1.165, 1.54) is 55.9 Å². The Morgan fingerprint density at radius 3 is 1.33 bits per heavy atom. The maximum atomic E-state index is 6.99. The van der Waals surface area contributed by atoms with Gasteiger partial charge in [-0.05, 0) is 163 Å². The normalized spacial score (nSPS) is 14.1. The first-order valence-electron chi connectivity index (χ1n) is 25.1. The lowest BCUT2D eigenvalue weighted by Crippen LogP contribution is -2.20. The summed E-state index contributed by atoms with van der Waals surface area (Å²) in [4.78, 5) is 4.85. The van der Waals surface area contributed by atoms with Crippen LogP contribution in [0.5, 0.6) is 0 Å². The van der Waals surface area contributed by atoms with Gasteiger partial charge in [0.05, 0.1) is 16.8 Å². The number of nitrogens with zero attached hydrogens (tertiary/aromatic N) is 2. The minimum atomic E-state index is -0.178. The summed E-state index contributed by atoms with van der Waals surface area (Å²) in [6.07, 6.45) is 0. The van der Waals surface area contributed by atoms with Crippen LogP contribution in [0.2, 0.25) is 0 Å². The van der Waals surface area contributed by atoms with Gasteiger partial charge in [-0.1, -0.05) is 149 Å². The van der Waals surface area contributed by atoms with Gasteiger partial charge in [0.1, 0.15) is 22.3 Å². The first-order valence-corrected chi connectivity index (χ1v) is 25.1. The second kappa shape index (κ2) is 14.8. The standard InChI is InChI=1S/C68H48N2O2/c1-67(2)56-25-13-11-21-49(56)51-23-15-27-58(64(51)67)69(45-17-7-5-8-18-45)47-31-29-41-37-54-53-33-34-60-63(66(53)72-61(54)39-43(41)35-47)55-38-42-30-32-48(36-44(42)40-62(55)71-60)70(46-19-9-6-10-20-46)59-28-16-24-52-50-22-12-14-26-57(50)68(3,4)65(52)59/h5-40H,1-4H3. The predicted molar refractivity (Wildman–Crippen MR) is 301 cm³/mol. The van der Waals surface area contributed by atoms with Crippen molar-refractivity contribution in [2.75, 3.05) is 9.80 Å². The molecular formula is C68H48N2O2. The molecule has 0 fully saturated rings. The first kappa shape index (κ1) is 41.0. The molecule has 2 heterocycles. The highest BCUT2D eigenvalue weighted by atomic mass is 16.3. The van der Waals surface area contributed by atoms with E-state index in [2.05, 4.69) is 256 Å². The van der Waals surface area contributed by atoms with Crippen molar-refractivity contribution in [1.82, 2.24) is 0 Å². The van der Waals surface area contributed by atoms with E-state index in [-0.39, 0.29) is 10.8 Å². The molecule has 0 spiro atoms. The molecule has 0 amide bonds. The van der Waals surface area contributed by atoms with Gasteiger partial charge in [-0.2, -0.15) is 0 Å². The van der Waals surface area contributed by atoms with Gasteiger partial charge in [-0.15, -0.1) is 0 Å². The molecule has 0 saturated carbocycles. The summed E-state index contributed by atoms with van der Waals surface area (Å²) >= 11 is 0. The third-order valence-electron chi connectivity index (χ3n) is 16.1. The fourth-order valence-electron chi connectivity index (χ4n) is 12.9. The molecule has 0 N–H and O–H groups in total. The number of para-hydroxylation sites is 2. The zero-order valence-electron chi connectivity index (χ0n) is 40.5. The van der Waals surface area contributed by atoms with Crippen LogP contribution >= 0.6 is 0 Å². The lowest BCUT2D eigenvalue weighted by Gasteiger charge is -2.32. The van der Waals surface area contributed by atoms with Gasteiger partial charge in [0, 0.05) is 49.7 Å². The molecular weight excluding hydrogens is 877 g/mol. The third-order valence-corrected chi connectivity index (χ3v) is 16.1. The maximum Gasteiger partial charge on any atom is 0.147 e. The molecule has 0 saturated heterocycles. The Bertz CT molecular complexity index is 4400. The Morgan fingerprint density at radius 1 is 0.319 bits per heavy atom. The van der Waals surface area contributed by atoms with E-state index < -0.39 is 0 Å². The average molecular weight is 925 g/mol. The van der Waals surface area contributed by atoms with Crippen molar-refractivity contribution in [2.45, 2.75) is 38.5 Å². The Kier molecular flexibility index (Phi) is 8.44. The van der Waals surface area contributed by atoms with E-state index in [4.69, 9.17) is 8.83 Å². The second-order valence-corrected chi connectivity index (χ2v) is 20.9. The number of hydrogen-bond donors (Lipinski definition) is 0. The van der Waals surface area contributed by atoms with Crippen LogP contribution < -0.4 is 9.80 Å². The third kappa shape index (κ3) is 5.75. The zero-order valence-corrected chi connectivity index (χ0v) is 40.5. The second-order valence-electron chi connectivity index (χ2n) is 20.9. The van der Waals surface area contributed by atoms with E-state index in [0.29, 0.717) is 0 Å². The van der Waals surface area contributed by atoms with Crippen LogP contribution in [0.3, 0.4) is 0 Å². The topological polar surface area (TPSA) is 32.8 Å². The van der Waals surface area contributed by atoms with Crippen molar-refractivity contribution in [2.24, 2.45) is 0 Å². The molecule has 0 unspecified atom stereocenters. The molecule has 4 heteroatoms. The summed E-state index contributed by atoms with van der Waals surface area (Å²) in [5.74, 6) is 0. The fraction of sp³-hybridized carbons (Fsp3) is 0.0882. The lowest BCUT2D eigenvalue weighted by atomic mass is 9.81. The molecule has 13 aromatic rings. The monoisotopic (exact) mass is 924 g/mol. The van der Waals surface area contributed by atoms with Crippen LogP contribution in [0.1, 0.15) is 49.9 Å². The zero-order chi connectivity index (χ0) is 48.0. The van der Waals surface area contributed by atoms with Crippen molar-refractivity contribution < 1.29 is 8.83 Å². The van der Waals surface area contributed by atoms with Crippen LogP contribution in [-0.2, 0) is 10.8 Å². The molecule has 2 aliphatic rings. The smallest absolute Gasteiger partial charge is 0.147 e. The maximum absolute atomic E-state index is 6.99. The van der Waals surface area contributed by atoms with Crippen LogP contribution in [-0.4, -0.2) is 0 Å². The molecule has 15 rings (SSSR count). The number of fused-ring (bicyclic) bond motifs is 15. The summed E-state index contributed by atoms with van der Waals surface area (Å²) in [5, 5.41) is 8.73. The summed E-state index contributed by atoms with van der Waals surface area (Å²) in [7, 11) is 0. The molecule has 4 nitrogen and oxygen atoms in total. The molecule has 342 valence electrons. The SMILES string of the molecule is CC1(C)c2ccccc2-c2cccc(N(c3ccccc3)c3ccc4cc5c(cc4c3)oc3c5ccc4oc5cc6cc(N(c7ccccc7)c7cccc8c7C(C)(C)c7ccccc7-8)ccc6cc5c43)c21. The van der Waals surface area contributed by atoms with Crippen molar-refractivity contribution in [3.05, 3.63) is 241 Å². The molecule has 72 heavy (non-hydrogen) atoms. The van der Waals surface area contributed by atoms with Crippen LogP contribution in [0.4, 0.5) is 34.1 Å². The molecule has 11 aromatic carbocycles. The summed E-state index contributed by atoms with van der Waals surface area (Å²) in [6, 6.07) is 79.7. The van der Waals surface area contributed by atoms with Crippen LogP contribution in [0, 0.1) is 0 Å². The van der Waals surface area contributed by atoms with E-state index in [1.54, 1.807) is 0 Å². The highest BCUT2D eigenvalue weighted by Crippen LogP contribution is 2.56. The van der Waals surface area contributed by atoms with Gasteiger partial charge in [0.15, 0.2) is 0 Å². The number of hydrogen-bond acceptors (Lipinski definition) is 4. The highest BCUT2D eigenvalue weighted by Gasteiger charge is 2.40. The van der Waals surface area contributed by atoms with Crippen molar-refractivity contribution in [3.63, 3.8) is 0 Å². The van der Waals surface area contributed by atoms with Crippen LogP contribution in [0.15, 0.2) is 227 Å². The number of benzene rings is 11. The summed E-state index contributed by atoms with van der Waals surface area (Å²) in [5.41, 5.74) is 20.4. The molecule has 2 aliphatic carbocycles. The minimum Gasteiger partial charge on any atom is -0.456 e. The molecule has 0 radical (unpaired) electrons. The quantitative estimate of drug-likeness (QED) is 0.166. The fourth-order valence-corrected chi connectivity index (χ4v) is 12.9. The Morgan fingerprint density at radius 2 is 0.792 bits per heavy atom. The van der Waals surface area contributed by atoms with Gasteiger partial charge in [-0.3, -0.25) is 0 Å². The van der Waals surface area contributed by atoms with Crippen molar-refractivity contribution in [3.8, 4) is 22.3 Å². The Hall–Kier alpha value is -8.86. The summed E-state index contributed by atoms with van der Waals surface area (Å²) in [6.45, 7) is 9.43. The van der Waals surface area contributed by atoms with E-state index in [0.717, 1.165) is 88.2 Å². The molecule has 0 atom stereocenters. The van der Waals surface area contributed by atoms with Crippen molar-refractivity contribution in [1.29, 1.82) is 0 Å². The number of furan rings is 2. The lowest BCUT2D eigenvalue weighted by molar-refractivity contribution is 0.660. The summed E-state index contributed by atoms with van der Waals surface area (Å²) < 4.78 is 13.7. The van der Waals surface area contributed by atoms with Gasteiger partial charge < -0.3 is 18.6 Å². The molecule has 0 bridgehead atoms. The van der Waals surface area contributed by atoms with Gasteiger partial charge in [-0.25, -0.2) is 0 Å². The number of rotatable bonds is 6. The van der Waals surface area contributed by atoms with E-state index in [1.807, 2.05) is 0 Å². The van der Waals surface area contributed by atoms with Gasteiger partial charge in [0.2, 0.25) is 0 Å². The predicted octanol–water partition coefficient (Wildman–Crippen LogP) is 19.3. The highest BCUT2D eigenvalue weighted by molar-refractivity contribution is 6.24.